The number of amides is 3. The number of anilines is 2. The molecule has 3 amide bonds. The smallest absolute Gasteiger partial charge is 0.308 e. The fourth-order valence-corrected chi connectivity index (χ4v) is 3.71. The fourth-order valence-electron chi connectivity index (χ4n) is 3.71. The lowest BCUT2D eigenvalue weighted by molar-refractivity contribution is -0.127. The quantitative estimate of drug-likeness (QED) is 0.572. The monoisotopic (exact) mass is 484 g/mol. The van der Waals surface area contributed by atoms with Crippen molar-refractivity contribution in [2.24, 2.45) is 10.4 Å². The third-order valence-electron chi connectivity index (χ3n) is 5.71. The summed E-state index contributed by atoms with van der Waals surface area (Å²) < 4.78 is 0. The summed E-state index contributed by atoms with van der Waals surface area (Å²) in [7, 11) is 0. The van der Waals surface area contributed by atoms with E-state index in [-0.39, 0.29) is 12.3 Å². The minimum absolute atomic E-state index is 0.128. The van der Waals surface area contributed by atoms with Crippen LogP contribution in [0.15, 0.2) is 71.9 Å². The molecule has 0 saturated carbocycles. The summed E-state index contributed by atoms with van der Waals surface area (Å²) in [5, 5.41) is 13.5. The lowest BCUT2D eigenvalue weighted by atomic mass is 9.90. The van der Waals surface area contributed by atoms with Crippen LogP contribution >= 0.6 is 0 Å². The van der Waals surface area contributed by atoms with Crippen LogP contribution in [0.5, 0.6) is 0 Å². The maximum absolute atomic E-state index is 13.8. The van der Waals surface area contributed by atoms with Crippen molar-refractivity contribution < 1.29 is 14.4 Å². The summed E-state index contributed by atoms with van der Waals surface area (Å²) in [4.78, 5) is 45.7. The van der Waals surface area contributed by atoms with Crippen LogP contribution in [0.3, 0.4) is 0 Å². The van der Waals surface area contributed by atoms with Crippen molar-refractivity contribution in [3.63, 3.8) is 0 Å². The Balaban J connectivity index is 1.75. The van der Waals surface area contributed by atoms with Gasteiger partial charge in [-0.15, -0.1) is 5.10 Å². The van der Waals surface area contributed by atoms with Crippen molar-refractivity contribution in [3.05, 3.63) is 83.7 Å². The Kier molecular flexibility index (Phi) is 6.91. The molecule has 3 aromatic rings. The van der Waals surface area contributed by atoms with Crippen LogP contribution in [0.1, 0.15) is 37.6 Å². The molecule has 9 heteroatoms. The zero-order chi connectivity index (χ0) is 25.9. The highest BCUT2D eigenvalue weighted by atomic mass is 16.2. The maximum Gasteiger partial charge on any atom is 0.321 e. The summed E-state index contributed by atoms with van der Waals surface area (Å²) in [6, 6.07) is 17.3. The van der Waals surface area contributed by atoms with Crippen molar-refractivity contribution in [3.8, 4) is 0 Å². The standard InChI is InChI=1S/C27H28N6O3/c1-17-9-7-10-18(15-17)29-26(36)31-24-25(35)33(16-22(34)27(2,3)4)21-13-6-5-11-19(21)23(30-24)20-12-8-14-28-32-20/h5-15,24H,16H2,1-4H3,(H2,29,31,36). The van der Waals surface area contributed by atoms with E-state index in [0.717, 1.165) is 5.56 Å². The molecule has 0 bridgehead atoms. The fraction of sp³-hybridized carbons (Fsp3) is 0.259. The van der Waals surface area contributed by atoms with Crippen LogP contribution < -0.4 is 15.5 Å². The number of carbonyl (C=O) groups is 3. The van der Waals surface area contributed by atoms with Crippen molar-refractivity contribution in [2.45, 2.75) is 33.9 Å². The highest BCUT2D eigenvalue weighted by Crippen LogP contribution is 2.29. The van der Waals surface area contributed by atoms with Crippen LogP contribution in [0.25, 0.3) is 0 Å². The number of urea groups is 1. The summed E-state index contributed by atoms with van der Waals surface area (Å²) in [6.07, 6.45) is 0.240. The average molecular weight is 485 g/mol. The van der Waals surface area contributed by atoms with Gasteiger partial charge in [0.05, 0.1) is 17.9 Å². The number of carbonyl (C=O) groups excluding carboxylic acids is 3. The molecule has 2 aromatic carbocycles. The van der Waals surface area contributed by atoms with Crippen LogP contribution in [0.2, 0.25) is 0 Å². The van der Waals surface area contributed by atoms with Crippen LogP contribution in [-0.4, -0.2) is 46.3 Å². The van der Waals surface area contributed by atoms with Crippen molar-refractivity contribution in [2.75, 3.05) is 16.8 Å². The number of ketones is 1. The first-order chi connectivity index (χ1) is 17.1. The second-order valence-corrected chi connectivity index (χ2v) is 9.57. The number of benzene rings is 2. The number of hydrogen-bond acceptors (Lipinski definition) is 6. The molecule has 2 N–H and O–H groups in total. The third-order valence-corrected chi connectivity index (χ3v) is 5.71. The summed E-state index contributed by atoms with van der Waals surface area (Å²) in [5.41, 5.74) is 2.83. The molecule has 0 aliphatic carbocycles. The summed E-state index contributed by atoms with van der Waals surface area (Å²) in [6.45, 7) is 7.15. The molecule has 9 nitrogen and oxygen atoms in total. The number of hydrogen-bond donors (Lipinski definition) is 2. The normalized spacial score (nSPS) is 15.4. The first-order valence-electron chi connectivity index (χ1n) is 11.6. The molecule has 0 saturated heterocycles. The van der Waals surface area contributed by atoms with Gasteiger partial charge in [-0.2, -0.15) is 5.10 Å². The van der Waals surface area contributed by atoms with Gasteiger partial charge in [0.15, 0.2) is 5.78 Å². The summed E-state index contributed by atoms with van der Waals surface area (Å²) in [5.74, 6) is -0.657. The van der Waals surface area contributed by atoms with Gasteiger partial charge in [-0.3, -0.25) is 9.59 Å². The number of fused-ring (bicyclic) bond motifs is 1. The zero-order valence-corrected chi connectivity index (χ0v) is 20.6. The molecule has 0 spiro atoms. The number of aliphatic imine (C=N–C) groups is 1. The number of rotatable bonds is 5. The lowest BCUT2D eigenvalue weighted by Gasteiger charge is -2.28. The SMILES string of the molecule is Cc1cccc(NC(=O)NC2N=C(c3cccnn3)c3ccccc3N(CC(=O)C(C)(C)C)C2=O)c1. The molecule has 36 heavy (non-hydrogen) atoms. The third kappa shape index (κ3) is 5.46. The molecule has 184 valence electrons. The Labute approximate surface area is 209 Å². The van der Waals surface area contributed by atoms with E-state index in [9.17, 15) is 14.4 Å². The number of nitrogens with one attached hydrogen (secondary N) is 2. The Bertz CT molecular complexity index is 1330. The van der Waals surface area contributed by atoms with Gasteiger partial charge in [0.2, 0.25) is 6.17 Å². The molecular weight excluding hydrogens is 456 g/mol. The highest BCUT2D eigenvalue weighted by Gasteiger charge is 2.36. The van der Waals surface area contributed by atoms with E-state index < -0.39 is 23.5 Å². The predicted molar refractivity (Wildman–Crippen MR) is 138 cm³/mol. The molecule has 1 atom stereocenters. The van der Waals surface area contributed by atoms with Gasteiger partial charge in [0, 0.05) is 22.9 Å². The minimum atomic E-state index is -1.30. The van der Waals surface area contributed by atoms with Crippen molar-refractivity contribution >= 4 is 34.8 Å². The molecule has 1 unspecified atom stereocenters. The number of aryl methyl sites for hydroxylation is 1. The molecule has 2 heterocycles. The molecular formula is C27H28N6O3. The number of aromatic nitrogens is 2. The number of Topliss-reactive ketones (excluding diaryl/α,β-unsaturated/α-hetero) is 1. The van der Waals surface area contributed by atoms with E-state index in [1.54, 1.807) is 57.2 Å². The first-order valence-corrected chi connectivity index (χ1v) is 11.6. The van der Waals surface area contributed by atoms with Gasteiger partial charge < -0.3 is 15.5 Å². The van der Waals surface area contributed by atoms with Gasteiger partial charge in [-0.25, -0.2) is 9.79 Å². The Morgan fingerprint density at radius 1 is 1.03 bits per heavy atom. The topological polar surface area (TPSA) is 117 Å². The second-order valence-electron chi connectivity index (χ2n) is 9.57. The molecule has 4 rings (SSSR count). The van der Waals surface area contributed by atoms with Crippen molar-refractivity contribution in [1.29, 1.82) is 0 Å². The van der Waals surface area contributed by atoms with Crippen molar-refractivity contribution in [1.82, 2.24) is 15.5 Å². The Morgan fingerprint density at radius 2 is 1.81 bits per heavy atom. The zero-order valence-electron chi connectivity index (χ0n) is 20.6. The van der Waals surface area contributed by atoms with E-state index in [1.165, 1.54) is 11.1 Å². The van der Waals surface area contributed by atoms with E-state index in [0.29, 0.717) is 28.3 Å². The number of nitrogens with zero attached hydrogens (tertiary/aromatic N) is 4. The molecule has 0 radical (unpaired) electrons. The van der Waals surface area contributed by atoms with Crippen LogP contribution in [0.4, 0.5) is 16.2 Å². The molecule has 1 aromatic heterocycles. The van der Waals surface area contributed by atoms with E-state index >= 15 is 0 Å². The van der Waals surface area contributed by atoms with Gasteiger partial charge in [-0.1, -0.05) is 51.1 Å². The number of para-hydroxylation sites is 1. The Hall–Kier alpha value is -4.40. The highest BCUT2D eigenvalue weighted by molar-refractivity contribution is 6.20. The van der Waals surface area contributed by atoms with Crippen LogP contribution in [0, 0.1) is 12.3 Å². The Morgan fingerprint density at radius 3 is 2.50 bits per heavy atom. The van der Waals surface area contributed by atoms with Crippen LogP contribution in [-0.2, 0) is 9.59 Å². The van der Waals surface area contributed by atoms with E-state index in [4.69, 9.17) is 0 Å². The van der Waals surface area contributed by atoms with Gasteiger partial charge in [-0.05, 0) is 42.8 Å². The van der Waals surface area contributed by atoms with Gasteiger partial charge in [0.1, 0.15) is 5.69 Å². The predicted octanol–water partition coefficient (Wildman–Crippen LogP) is 3.73. The largest absolute Gasteiger partial charge is 0.321 e. The minimum Gasteiger partial charge on any atom is -0.308 e. The van der Waals surface area contributed by atoms with Gasteiger partial charge in [0.25, 0.3) is 5.91 Å². The molecule has 1 aliphatic heterocycles. The van der Waals surface area contributed by atoms with E-state index in [2.05, 4.69) is 25.8 Å². The lowest BCUT2D eigenvalue weighted by Crippen LogP contribution is -2.50. The second kappa shape index (κ2) is 10.1. The number of benzodiazepines with no additional fused rings is 1. The molecule has 1 aliphatic rings. The van der Waals surface area contributed by atoms with Gasteiger partial charge >= 0.3 is 6.03 Å². The first kappa shape index (κ1) is 24.7. The summed E-state index contributed by atoms with van der Waals surface area (Å²) >= 11 is 0. The average Bonchev–Trinajstić information content (AvgIpc) is 2.94. The molecule has 0 fully saturated rings. The maximum atomic E-state index is 13.8. The van der Waals surface area contributed by atoms with E-state index in [1.807, 2.05) is 31.2 Å².